The van der Waals surface area contributed by atoms with Crippen molar-refractivity contribution in [1.82, 2.24) is 14.8 Å². The number of hydrogen-bond acceptors (Lipinski definition) is 6. The monoisotopic (exact) mass is 529 g/mol. The number of hydrogen-bond donors (Lipinski definition) is 0. The Bertz CT molecular complexity index is 1120. The minimum absolute atomic E-state index is 0.158. The number of carbonyl (C=O) groups is 2. The SMILES string of the molecule is CCOC(=O)C1CCCN(C(=O)c2csc(CN(Cc3ccc(F)cc3)Cc3ccc(Cl)cc3)n2)C1. The molecule has 190 valence electrons. The quantitative estimate of drug-likeness (QED) is 0.340. The zero-order chi connectivity index (χ0) is 25.5. The molecule has 0 saturated carbocycles. The predicted molar refractivity (Wildman–Crippen MR) is 138 cm³/mol. The molecule has 1 aliphatic heterocycles. The van der Waals surface area contributed by atoms with E-state index in [-0.39, 0.29) is 23.6 Å². The van der Waals surface area contributed by atoms with Crippen molar-refractivity contribution in [2.24, 2.45) is 5.92 Å². The molecule has 0 bridgehead atoms. The van der Waals surface area contributed by atoms with E-state index in [2.05, 4.69) is 9.88 Å². The van der Waals surface area contributed by atoms with Crippen molar-refractivity contribution in [3.8, 4) is 0 Å². The van der Waals surface area contributed by atoms with Crippen molar-refractivity contribution in [2.75, 3.05) is 19.7 Å². The highest BCUT2D eigenvalue weighted by atomic mass is 35.5. The highest BCUT2D eigenvalue weighted by Crippen LogP contribution is 2.22. The summed E-state index contributed by atoms with van der Waals surface area (Å²) in [6.07, 6.45) is 1.49. The average Bonchev–Trinajstić information content (AvgIpc) is 3.35. The highest BCUT2D eigenvalue weighted by Gasteiger charge is 2.30. The van der Waals surface area contributed by atoms with Crippen LogP contribution in [0.25, 0.3) is 0 Å². The van der Waals surface area contributed by atoms with Gasteiger partial charge in [0.25, 0.3) is 5.91 Å². The maximum atomic E-state index is 13.4. The van der Waals surface area contributed by atoms with Gasteiger partial charge in [-0.1, -0.05) is 35.9 Å². The Labute approximate surface area is 219 Å². The molecule has 1 unspecified atom stereocenters. The Balaban J connectivity index is 1.45. The van der Waals surface area contributed by atoms with Crippen LogP contribution >= 0.6 is 22.9 Å². The second-order valence-corrected chi connectivity index (χ2v) is 10.2. The van der Waals surface area contributed by atoms with Crippen LogP contribution in [0, 0.1) is 11.7 Å². The molecular formula is C27H29ClFN3O3S. The van der Waals surface area contributed by atoms with Crippen LogP contribution in [0.1, 0.15) is 46.4 Å². The number of esters is 1. The lowest BCUT2D eigenvalue weighted by atomic mass is 9.98. The molecule has 0 spiro atoms. The first-order valence-corrected chi connectivity index (χ1v) is 13.3. The van der Waals surface area contributed by atoms with Gasteiger partial charge in [-0.3, -0.25) is 14.5 Å². The van der Waals surface area contributed by atoms with Crippen molar-refractivity contribution in [2.45, 2.75) is 39.4 Å². The number of thiazole rings is 1. The van der Waals surface area contributed by atoms with Gasteiger partial charge in [0.15, 0.2) is 0 Å². The fourth-order valence-corrected chi connectivity index (χ4v) is 5.25. The predicted octanol–water partition coefficient (Wildman–Crippen LogP) is 5.55. The zero-order valence-corrected chi connectivity index (χ0v) is 21.7. The van der Waals surface area contributed by atoms with Crippen molar-refractivity contribution < 1.29 is 18.7 Å². The van der Waals surface area contributed by atoms with Crippen LogP contribution in [0.5, 0.6) is 0 Å². The Morgan fingerprint density at radius 3 is 2.44 bits per heavy atom. The van der Waals surface area contributed by atoms with Gasteiger partial charge in [0.1, 0.15) is 16.5 Å². The largest absolute Gasteiger partial charge is 0.466 e. The second-order valence-electron chi connectivity index (χ2n) is 8.87. The third-order valence-electron chi connectivity index (χ3n) is 6.10. The fraction of sp³-hybridized carbons (Fsp3) is 0.370. The van der Waals surface area contributed by atoms with Gasteiger partial charge in [0.2, 0.25) is 0 Å². The Kier molecular flexibility index (Phi) is 9.07. The van der Waals surface area contributed by atoms with Gasteiger partial charge >= 0.3 is 5.97 Å². The summed E-state index contributed by atoms with van der Waals surface area (Å²) in [7, 11) is 0. The minimum Gasteiger partial charge on any atom is -0.466 e. The van der Waals surface area contributed by atoms with E-state index in [1.165, 1.54) is 23.5 Å². The number of amides is 1. The molecule has 2 aromatic carbocycles. The van der Waals surface area contributed by atoms with E-state index >= 15 is 0 Å². The Hall–Kier alpha value is -2.81. The van der Waals surface area contributed by atoms with Gasteiger partial charge in [0, 0.05) is 36.6 Å². The summed E-state index contributed by atoms with van der Waals surface area (Å²) in [5, 5.41) is 3.27. The maximum Gasteiger partial charge on any atom is 0.310 e. The van der Waals surface area contributed by atoms with Crippen LogP contribution in [0.4, 0.5) is 4.39 Å². The number of benzene rings is 2. The summed E-state index contributed by atoms with van der Waals surface area (Å²) < 4.78 is 18.5. The Morgan fingerprint density at radius 1 is 1.11 bits per heavy atom. The maximum absolute atomic E-state index is 13.4. The molecule has 1 aromatic heterocycles. The molecule has 0 aliphatic carbocycles. The molecule has 0 N–H and O–H groups in total. The summed E-state index contributed by atoms with van der Waals surface area (Å²) in [4.78, 5) is 33.8. The summed E-state index contributed by atoms with van der Waals surface area (Å²) in [5.41, 5.74) is 2.47. The molecule has 2 heterocycles. The van der Waals surface area contributed by atoms with E-state index in [0.29, 0.717) is 50.0 Å². The molecule has 1 amide bonds. The van der Waals surface area contributed by atoms with Gasteiger partial charge in [0.05, 0.1) is 19.1 Å². The molecule has 1 atom stereocenters. The van der Waals surface area contributed by atoms with Crippen LogP contribution in [-0.4, -0.2) is 46.4 Å². The third-order valence-corrected chi connectivity index (χ3v) is 7.18. The topological polar surface area (TPSA) is 62.7 Å². The van der Waals surface area contributed by atoms with Crippen LogP contribution in [0.2, 0.25) is 5.02 Å². The summed E-state index contributed by atoms with van der Waals surface area (Å²) in [5.74, 6) is -0.956. The van der Waals surface area contributed by atoms with Gasteiger partial charge in [-0.05, 0) is 55.2 Å². The first-order chi connectivity index (χ1) is 17.4. The molecule has 9 heteroatoms. The smallest absolute Gasteiger partial charge is 0.310 e. The fourth-order valence-electron chi connectivity index (χ4n) is 4.31. The van der Waals surface area contributed by atoms with E-state index in [1.807, 2.05) is 24.3 Å². The number of ether oxygens (including phenoxy) is 1. The average molecular weight is 530 g/mol. The summed E-state index contributed by atoms with van der Waals surface area (Å²) in [6.45, 7) is 4.86. The third kappa shape index (κ3) is 7.12. The van der Waals surface area contributed by atoms with Gasteiger partial charge in [-0.25, -0.2) is 9.37 Å². The van der Waals surface area contributed by atoms with Crippen LogP contribution < -0.4 is 0 Å². The molecule has 1 aliphatic rings. The number of halogens is 2. The molecule has 1 saturated heterocycles. The lowest BCUT2D eigenvalue weighted by Gasteiger charge is -2.31. The van der Waals surface area contributed by atoms with Crippen molar-refractivity contribution >= 4 is 34.8 Å². The van der Waals surface area contributed by atoms with Crippen LogP contribution in [0.3, 0.4) is 0 Å². The van der Waals surface area contributed by atoms with Crippen molar-refractivity contribution in [1.29, 1.82) is 0 Å². The molecular weight excluding hydrogens is 501 g/mol. The van der Waals surface area contributed by atoms with E-state index in [4.69, 9.17) is 16.3 Å². The van der Waals surface area contributed by atoms with Crippen molar-refractivity contribution in [3.63, 3.8) is 0 Å². The molecule has 6 nitrogen and oxygen atoms in total. The van der Waals surface area contributed by atoms with E-state index in [9.17, 15) is 14.0 Å². The minimum atomic E-state index is -0.286. The summed E-state index contributed by atoms with van der Waals surface area (Å²) in [6, 6.07) is 14.1. The van der Waals surface area contributed by atoms with E-state index in [0.717, 1.165) is 29.0 Å². The lowest BCUT2D eigenvalue weighted by Crippen LogP contribution is -2.43. The number of nitrogens with zero attached hydrogens (tertiary/aromatic N) is 3. The molecule has 36 heavy (non-hydrogen) atoms. The standard InChI is InChI=1S/C27H29ClFN3O3S/c1-2-35-27(34)21-4-3-13-32(16-21)26(33)24-18-36-25(30-24)17-31(14-19-5-9-22(28)10-6-19)15-20-7-11-23(29)12-8-20/h5-12,18,21H,2-4,13-17H2,1H3. The van der Waals surface area contributed by atoms with Crippen LogP contribution in [0.15, 0.2) is 53.9 Å². The summed E-state index contributed by atoms with van der Waals surface area (Å²) >= 11 is 7.48. The Morgan fingerprint density at radius 2 is 1.78 bits per heavy atom. The number of piperidine rings is 1. The zero-order valence-electron chi connectivity index (χ0n) is 20.2. The van der Waals surface area contributed by atoms with E-state index < -0.39 is 0 Å². The molecule has 3 aromatic rings. The molecule has 1 fully saturated rings. The van der Waals surface area contributed by atoms with E-state index in [1.54, 1.807) is 29.3 Å². The lowest BCUT2D eigenvalue weighted by molar-refractivity contribution is -0.149. The number of aromatic nitrogens is 1. The normalized spacial score (nSPS) is 15.8. The van der Waals surface area contributed by atoms with Crippen molar-refractivity contribution in [3.05, 3.63) is 86.6 Å². The number of carbonyl (C=O) groups excluding carboxylic acids is 2. The molecule has 0 radical (unpaired) electrons. The van der Waals surface area contributed by atoms with Gasteiger partial charge < -0.3 is 9.64 Å². The second kappa shape index (κ2) is 12.4. The van der Waals surface area contributed by atoms with Gasteiger partial charge in [-0.15, -0.1) is 11.3 Å². The first-order valence-electron chi connectivity index (χ1n) is 12.0. The van der Waals surface area contributed by atoms with Gasteiger partial charge in [-0.2, -0.15) is 0 Å². The van der Waals surface area contributed by atoms with Crippen LogP contribution in [-0.2, 0) is 29.2 Å². The molecule has 4 rings (SSSR count). The number of likely N-dealkylation sites (tertiary alicyclic amines) is 1. The first kappa shape index (κ1) is 26.3. The highest BCUT2D eigenvalue weighted by molar-refractivity contribution is 7.09. The number of rotatable bonds is 9.